The van der Waals surface area contributed by atoms with Gasteiger partial charge in [0, 0.05) is 18.5 Å². The molecule has 0 radical (unpaired) electrons. The van der Waals surface area contributed by atoms with Crippen LogP contribution >= 0.6 is 12.4 Å². The van der Waals surface area contributed by atoms with Gasteiger partial charge in [-0.05, 0) is 31.6 Å². The van der Waals surface area contributed by atoms with Crippen LogP contribution in [0.15, 0.2) is 0 Å². The molecule has 3 N–H and O–H groups in total. The van der Waals surface area contributed by atoms with E-state index in [2.05, 4.69) is 12.2 Å². The Morgan fingerprint density at radius 1 is 1.35 bits per heavy atom. The maximum atomic E-state index is 11.8. The van der Waals surface area contributed by atoms with Gasteiger partial charge in [0.15, 0.2) is 0 Å². The second-order valence-corrected chi connectivity index (χ2v) is 5.43. The van der Waals surface area contributed by atoms with Gasteiger partial charge in [-0.15, -0.1) is 12.4 Å². The van der Waals surface area contributed by atoms with Crippen molar-refractivity contribution >= 4 is 18.3 Å². The molecule has 0 aromatic heterocycles. The largest absolute Gasteiger partial charge is 0.355 e. The topological polar surface area (TPSA) is 55.1 Å². The summed E-state index contributed by atoms with van der Waals surface area (Å²) in [7, 11) is 0. The first-order chi connectivity index (χ1) is 7.51. The van der Waals surface area contributed by atoms with E-state index in [9.17, 15) is 4.79 Å². The molecule has 2 unspecified atom stereocenters. The van der Waals surface area contributed by atoms with Gasteiger partial charge in [0.1, 0.15) is 0 Å². The third-order valence-corrected chi connectivity index (χ3v) is 4.25. The highest BCUT2D eigenvalue weighted by Crippen LogP contribution is 2.40. The minimum Gasteiger partial charge on any atom is -0.355 e. The Bertz CT molecular complexity index is 238. The van der Waals surface area contributed by atoms with Crippen molar-refractivity contribution in [3.8, 4) is 0 Å². The lowest BCUT2D eigenvalue weighted by atomic mass is 9.83. The van der Waals surface area contributed by atoms with E-state index in [0.717, 1.165) is 6.54 Å². The molecule has 0 spiro atoms. The van der Waals surface area contributed by atoms with Gasteiger partial charge in [0.25, 0.3) is 0 Å². The molecular formula is C13H27ClN2O. The van der Waals surface area contributed by atoms with E-state index in [0.29, 0.717) is 5.41 Å². The van der Waals surface area contributed by atoms with E-state index >= 15 is 0 Å². The monoisotopic (exact) mass is 262 g/mol. The summed E-state index contributed by atoms with van der Waals surface area (Å²) in [5.41, 5.74) is 6.09. The molecular weight excluding hydrogens is 236 g/mol. The molecule has 1 amide bonds. The quantitative estimate of drug-likeness (QED) is 0.800. The van der Waals surface area contributed by atoms with Gasteiger partial charge in [0.05, 0.1) is 0 Å². The first-order valence-corrected chi connectivity index (χ1v) is 6.54. The molecule has 0 bridgehead atoms. The number of nitrogens with two attached hydrogens (primary N) is 1. The third kappa shape index (κ3) is 4.47. The van der Waals surface area contributed by atoms with Crippen LogP contribution in [0.4, 0.5) is 0 Å². The Balaban J connectivity index is 0.00000256. The summed E-state index contributed by atoms with van der Waals surface area (Å²) in [5, 5.41) is 3.08. The van der Waals surface area contributed by atoms with E-state index < -0.39 is 0 Å². The maximum absolute atomic E-state index is 11.8. The number of carbonyl (C=O) groups is 1. The first kappa shape index (κ1) is 16.7. The molecule has 1 rings (SSSR count). The summed E-state index contributed by atoms with van der Waals surface area (Å²) in [6.07, 6.45) is 6.31. The Hall–Kier alpha value is -0.280. The zero-order valence-electron chi connectivity index (χ0n) is 11.3. The standard InChI is InChI=1S/C13H26N2O.ClH/c1-4-13(7-5-6-8-13)9-15-12(16)10(2)11(3)14;/h10-11H,4-9,14H2,1-3H3,(H,15,16);1H. The van der Waals surface area contributed by atoms with Crippen molar-refractivity contribution in [2.24, 2.45) is 17.1 Å². The van der Waals surface area contributed by atoms with Crippen LogP contribution in [-0.4, -0.2) is 18.5 Å². The van der Waals surface area contributed by atoms with Gasteiger partial charge in [-0.25, -0.2) is 0 Å². The molecule has 0 heterocycles. The van der Waals surface area contributed by atoms with E-state index in [4.69, 9.17) is 5.73 Å². The molecule has 102 valence electrons. The Kier molecular flexibility index (Phi) is 7.10. The van der Waals surface area contributed by atoms with Gasteiger partial charge in [-0.2, -0.15) is 0 Å². The molecule has 3 nitrogen and oxygen atoms in total. The average molecular weight is 263 g/mol. The molecule has 0 saturated heterocycles. The lowest BCUT2D eigenvalue weighted by Gasteiger charge is -2.28. The van der Waals surface area contributed by atoms with Crippen LogP contribution in [0.1, 0.15) is 52.9 Å². The number of carbonyl (C=O) groups excluding carboxylic acids is 1. The number of hydrogen-bond acceptors (Lipinski definition) is 2. The minimum atomic E-state index is -0.0877. The van der Waals surface area contributed by atoms with Crippen molar-refractivity contribution in [2.45, 2.75) is 58.9 Å². The van der Waals surface area contributed by atoms with Crippen LogP contribution < -0.4 is 11.1 Å². The fourth-order valence-electron chi connectivity index (χ4n) is 2.45. The number of amides is 1. The van der Waals surface area contributed by atoms with Gasteiger partial charge in [0.2, 0.25) is 5.91 Å². The third-order valence-electron chi connectivity index (χ3n) is 4.25. The van der Waals surface area contributed by atoms with E-state index in [1.807, 2.05) is 13.8 Å². The smallest absolute Gasteiger partial charge is 0.224 e. The summed E-state index contributed by atoms with van der Waals surface area (Å²) >= 11 is 0. The first-order valence-electron chi connectivity index (χ1n) is 6.54. The Morgan fingerprint density at radius 3 is 2.29 bits per heavy atom. The highest BCUT2D eigenvalue weighted by Gasteiger charge is 2.32. The molecule has 1 saturated carbocycles. The number of nitrogens with one attached hydrogen (secondary N) is 1. The van der Waals surface area contributed by atoms with E-state index in [-0.39, 0.29) is 30.3 Å². The maximum Gasteiger partial charge on any atom is 0.224 e. The normalized spacial score (nSPS) is 21.4. The van der Waals surface area contributed by atoms with Gasteiger partial charge in [-0.3, -0.25) is 4.79 Å². The van der Waals surface area contributed by atoms with Crippen molar-refractivity contribution < 1.29 is 4.79 Å². The average Bonchev–Trinajstić information content (AvgIpc) is 2.74. The van der Waals surface area contributed by atoms with E-state index in [1.165, 1.54) is 32.1 Å². The second kappa shape index (κ2) is 7.22. The number of halogens is 1. The lowest BCUT2D eigenvalue weighted by Crippen LogP contribution is -2.42. The van der Waals surface area contributed by atoms with Crippen molar-refractivity contribution in [1.29, 1.82) is 0 Å². The molecule has 0 aliphatic heterocycles. The Labute approximate surface area is 111 Å². The summed E-state index contributed by atoms with van der Waals surface area (Å²) in [5.74, 6) is 0.0186. The van der Waals surface area contributed by atoms with Crippen molar-refractivity contribution in [1.82, 2.24) is 5.32 Å². The van der Waals surface area contributed by atoms with Crippen LogP contribution in [0.25, 0.3) is 0 Å². The molecule has 4 heteroatoms. The van der Waals surface area contributed by atoms with Gasteiger partial charge in [-0.1, -0.05) is 26.7 Å². The SMILES string of the molecule is CCC1(CNC(=O)C(C)C(C)N)CCCC1.Cl. The summed E-state index contributed by atoms with van der Waals surface area (Å²) in [6, 6.07) is -0.0684. The lowest BCUT2D eigenvalue weighted by molar-refractivity contribution is -0.125. The zero-order chi connectivity index (χ0) is 12.2. The van der Waals surface area contributed by atoms with E-state index in [1.54, 1.807) is 0 Å². The summed E-state index contributed by atoms with van der Waals surface area (Å²) < 4.78 is 0. The minimum absolute atomic E-state index is 0. The van der Waals surface area contributed by atoms with Crippen LogP contribution in [0, 0.1) is 11.3 Å². The summed E-state index contributed by atoms with van der Waals surface area (Å²) in [6.45, 7) is 6.84. The molecule has 17 heavy (non-hydrogen) atoms. The van der Waals surface area contributed by atoms with Gasteiger partial charge >= 0.3 is 0 Å². The molecule has 1 aliphatic rings. The van der Waals surface area contributed by atoms with Gasteiger partial charge < -0.3 is 11.1 Å². The van der Waals surface area contributed by atoms with Crippen molar-refractivity contribution in [3.63, 3.8) is 0 Å². The highest BCUT2D eigenvalue weighted by atomic mass is 35.5. The fourth-order valence-corrected chi connectivity index (χ4v) is 2.45. The predicted molar refractivity (Wildman–Crippen MR) is 74.3 cm³/mol. The molecule has 2 atom stereocenters. The van der Waals surface area contributed by atoms with Crippen LogP contribution in [0.3, 0.4) is 0 Å². The highest BCUT2D eigenvalue weighted by molar-refractivity contribution is 5.85. The number of rotatable bonds is 5. The van der Waals surface area contributed by atoms with Crippen molar-refractivity contribution in [2.75, 3.05) is 6.54 Å². The second-order valence-electron chi connectivity index (χ2n) is 5.43. The van der Waals surface area contributed by atoms with Crippen LogP contribution in [0.5, 0.6) is 0 Å². The van der Waals surface area contributed by atoms with Crippen LogP contribution in [0.2, 0.25) is 0 Å². The molecule has 0 aromatic rings. The Morgan fingerprint density at radius 2 is 1.88 bits per heavy atom. The zero-order valence-corrected chi connectivity index (χ0v) is 12.1. The van der Waals surface area contributed by atoms with Crippen LogP contribution in [-0.2, 0) is 4.79 Å². The van der Waals surface area contributed by atoms with Crippen molar-refractivity contribution in [3.05, 3.63) is 0 Å². The number of hydrogen-bond donors (Lipinski definition) is 2. The molecule has 1 fully saturated rings. The predicted octanol–water partition coefficient (Wildman–Crippen LogP) is 2.48. The molecule has 0 aromatic carbocycles. The fraction of sp³-hybridized carbons (Fsp3) is 0.923. The summed E-state index contributed by atoms with van der Waals surface area (Å²) in [4.78, 5) is 11.8. The molecule has 1 aliphatic carbocycles.